The number of hydrogen-bond donors (Lipinski definition) is 0. The third-order valence-electron chi connectivity index (χ3n) is 5.46. The highest BCUT2D eigenvalue weighted by Gasteiger charge is 2.20. The van der Waals surface area contributed by atoms with Gasteiger partial charge in [-0.15, -0.1) is 0 Å². The third-order valence-corrected chi connectivity index (χ3v) is 5.46. The van der Waals surface area contributed by atoms with Gasteiger partial charge < -0.3 is 14.1 Å². The van der Waals surface area contributed by atoms with Crippen molar-refractivity contribution < 1.29 is 13.9 Å². The van der Waals surface area contributed by atoms with Gasteiger partial charge in [-0.2, -0.15) is 0 Å². The standard InChI is InChI=1S/C29H29NO3/c1-29(2,3)24-16-14-23(15-17-24)28(31)30(21-27-13-8-18-32-27)20-22-9-7-12-26(19-22)33-25-10-5-4-6-11-25/h4-19H,20-21H2,1-3H3. The van der Waals surface area contributed by atoms with Crippen LogP contribution < -0.4 is 4.74 Å². The quantitative estimate of drug-likeness (QED) is 0.305. The van der Waals surface area contributed by atoms with Crippen molar-refractivity contribution >= 4 is 5.91 Å². The van der Waals surface area contributed by atoms with E-state index < -0.39 is 0 Å². The van der Waals surface area contributed by atoms with Crippen LogP contribution >= 0.6 is 0 Å². The number of para-hydroxylation sites is 1. The van der Waals surface area contributed by atoms with E-state index in [1.54, 1.807) is 11.2 Å². The summed E-state index contributed by atoms with van der Waals surface area (Å²) in [5.41, 5.74) is 2.87. The molecule has 1 heterocycles. The Balaban J connectivity index is 1.56. The van der Waals surface area contributed by atoms with Crippen molar-refractivity contribution in [2.75, 3.05) is 0 Å². The lowest BCUT2D eigenvalue weighted by atomic mass is 9.86. The van der Waals surface area contributed by atoms with Gasteiger partial charge in [0, 0.05) is 12.1 Å². The van der Waals surface area contributed by atoms with Gasteiger partial charge in [-0.3, -0.25) is 4.79 Å². The zero-order valence-corrected chi connectivity index (χ0v) is 19.3. The van der Waals surface area contributed by atoms with E-state index in [-0.39, 0.29) is 11.3 Å². The Morgan fingerprint density at radius 2 is 1.55 bits per heavy atom. The molecule has 4 heteroatoms. The molecule has 0 aliphatic rings. The van der Waals surface area contributed by atoms with Crippen LogP contribution in [0.15, 0.2) is 102 Å². The highest BCUT2D eigenvalue weighted by atomic mass is 16.5. The summed E-state index contributed by atoms with van der Waals surface area (Å²) in [6.45, 7) is 7.32. The van der Waals surface area contributed by atoms with Gasteiger partial charge >= 0.3 is 0 Å². The van der Waals surface area contributed by atoms with Gasteiger partial charge in [-0.1, -0.05) is 63.2 Å². The van der Waals surface area contributed by atoms with Crippen LogP contribution in [0.5, 0.6) is 11.5 Å². The molecular formula is C29H29NO3. The summed E-state index contributed by atoms with van der Waals surface area (Å²) in [5, 5.41) is 0. The van der Waals surface area contributed by atoms with Crippen LogP contribution in [-0.2, 0) is 18.5 Å². The largest absolute Gasteiger partial charge is 0.467 e. The maximum Gasteiger partial charge on any atom is 0.254 e. The second-order valence-corrected chi connectivity index (χ2v) is 9.13. The monoisotopic (exact) mass is 439 g/mol. The molecule has 0 saturated carbocycles. The lowest BCUT2D eigenvalue weighted by molar-refractivity contribution is 0.0717. The fraction of sp³-hybridized carbons (Fsp3) is 0.207. The summed E-state index contributed by atoms with van der Waals surface area (Å²) in [7, 11) is 0. The summed E-state index contributed by atoms with van der Waals surface area (Å²) in [6, 6.07) is 29.1. The number of amides is 1. The molecule has 1 aromatic heterocycles. The number of nitrogens with zero attached hydrogens (tertiary/aromatic N) is 1. The van der Waals surface area contributed by atoms with Crippen LogP contribution in [0.1, 0.15) is 48.0 Å². The summed E-state index contributed by atoms with van der Waals surface area (Å²) in [5.74, 6) is 2.21. The van der Waals surface area contributed by atoms with Crippen LogP contribution in [0.3, 0.4) is 0 Å². The molecule has 4 aromatic rings. The predicted molar refractivity (Wildman–Crippen MR) is 130 cm³/mol. The lowest BCUT2D eigenvalue weighted by Crippen LogP contribution is -2.30. The zero-order chi connectivity index (χ0) is 23.3. The maximum atomic E-state index is 13.5. The van der Waals surface area contributed by atoms with Crippen LogP contribution in [0.2, 0.25) is 0 Å². The number of carbonyl (C=O) groups excluding carboxylic acids is 1. The van der Waals surface area contributed by atoms with Crippen molar-refractivity contribution in [1.82, 2.24) is 4.90 Å². The Morgan fingerprint density at radius 1 is 0.818 bits per heavy atom. The second kappa shape index (κ2) is 9.78. The molecule has 0 unspecified atom stereocenters. The van der Waals surface area contributed by atoms with Gasteiger partial charge in [0.15, 0.2) is 0 Å². The fourth-order valence-electron chi connectivity index (χ4n) is 3.64. The van der Waals surface area contributed by atoms with E-state index in [0.717, 1.165) is 22.8 Å². The van der Waals surface area contributed by atoms with Crippen LogP contribution in [0.4, 0.5) is 0 Å². The van der Waals surface area contributed by atoms with E-state index >= 15 is 0 Å². The normalized spacial score (nSPS) is 11.2. The van der Waals surface area contributed by atoms with Gasteiger partial charge in [-0.05, 0) is 65.1 Å². The van der Waals surface area contributed by atoms with E-state index in [9.17, 15) is 4.79 Å². The number of hydrogen-bond acceptors (Lipinski definition) is 3. The van der Waals surface area contributed by atoms with Gasteiger partial charge in [0.05, 0.1) is 12.8 Å². The topological polar surface area (TPSA) is 42.7 Å². The summed E-state index contributed by atoms with van der Waals surface area (Å²) < 4.78 is 11.5. The first-order valence-electron chi connectivity index (χ1n) is 11.1. The molecule has 4 rings (SSSR count). The molecule has 1 amide bonds. The highest BCUT2D eigenvalue weighted by Crippen LogP contribution is 2.25. The third kappa shape index (κ3) is 5.92. The van der Waals surface area contributed by atoms with Crippen molar-refractivity contribution in [3.8, 4) is 11.5 Å². The number of benzene rings is 3. The van der Waals surface area contributed by atoms with Crippen LogP contribution in [0, 0.1) is 0 Å². The molecule has 4 nitrogen and oxygen atoms in total. The number of furan rings is 1. The molecule has 0 spiro atoms. The first-order valence-corrected chi connectivity index (χ1v) is 11.1. The molecule has 0 bridgehead atoms. The summed E-state index contributed by atoms with van der Waals surface area (Å²) in [6.07, 6.45) is 1.63. The molecule has 0 aliphatic carbocycles. The minimum absolute atomic E-state index is 0.0363. The molecule has 0 aliphatic heterocycles. The Kier molecular flexibility index (Phi) is 6.64. The number of rotatable bonds is 7. The Hall–Kier alpha value is -3.79. The molecule has 0 N–H and O–H groups in total. The molecule has 0 fully saturated rings. The van der Waals surface area contributed by atoms with Gasteiger partial charge in [0.1, 0.15) is 17.3 Å². The SMILES string of the molecule is CC(C)(C)c1ccc(C(=O)N(Cc2cccc(Oc3ccccc3)c2)Cc2ccco2)cc1. The van der Waals surface area contributed by atoms with Gasteiger partial charge in [0.25, 0.3) is 5.91 Å². The van der Waals surface area contributed by atoms with Gasteiger partial charge in [0.2, 0.25) is 0 Å². The molecule has 3 aromatic carbocycles. The van der Waals surface area contributed by atoms with Gasteiger partial charge in [-0.25, -0.2) is 0 Å². The summed E-state index contributed by atoms with van der Waals surface area (Å²) in [4.78, 5) is 15.3. The first kappa shape index (κ1) is 22.4. The van der Waals surface area contributed by atoms with Crippen LogP contribution in [-0.4, -0.2) is 10.8 Å². The molecule has 168 valence electrons. The maximum absolute atomic E-state index is 13.5. The van der Waals surface area contributed by atoms with E-state index in [0.29, 0.717) is 18.7 Å². The number of carbonyl (C=O) groups is 1. The minimum atomic E-state index is -0.0405. The lowest BCUT2D eigenvalue weighted by Gasteiger charge is -2.23. The van der Waals surface area contributed by atoms with Crippen LogP contribution in [0.25, 0.3) is 0 Å². The zero-order valence-electron chi connectivity index (χ0n) is 19.3. The van der Waals surface area contributed by atoms with Crippen molar-refractivity contribution in [3.05, 3.63) is 120 Å². The molecule has 33 heavy (non-hydrogen) atoms. The van der Waals surface area contributed by atoms with Crippen molar-refractivity contribution in [2.24, 2.45) is 0 Å². The second-order valence-electron chi connectivity index (χ2n) is 9.13. The van der Waals surface area contributed by atoms with E-state index in [1.165, 1.54) is 5.56 Å². The molecule has 0 radical (unpaired) electrons. The fourth-order valence-corrected chi connectivity index (χ4v) is 3.64. The molecule has 0 saturated heterocycles. The van der Waals surface area contributed by atoms with E-state index in [1.807, 2.05) is 91.0 Å². The Morgan fingerprint density at radius 3 is 2.21 bits per heavy atom. The van der Waals surface area contributed by atoms with Crippen molar-refractivity contribution in [3.63, 3.8) is 0 Å². The first-order chi connectivity index (χ1) is 15.9. The highest BCUT2D eigenvalue weighted by molar-refractivity contribution is 5.94. The summed E-state index contributed by atoms with van der Waals surface area (Å²) >= 11 is 0. The minimum Gasteiger partial charge on any atom is -0.467 e. The molecular weight excluding hydrogens is 410 g/mol. The van der Waals surface area contributed by atoms with E-state index in [4.69, 9.17) is 9.15 Å². The Labute approximate surface area is 195 Å². The number of ether oxygens (including phenoxy) is 1. The average molecular weight is 440 g/mol. The molecule has 0 atom stereocenters. The van der Waals surface area contributed by atoms with Crippen molar-refractivity contribution in [2.45, 2.75) is 39.3 Å². The van der Waals surface area contributed by atoms with E-state index in [2.05, 4.69) is 20.8 Å². The Bertz CT molecular complexity index is 1170. The predicted octanol–water partition coefficient (Wildman–Crippen LogP) is 7.21. The average Bonchev–Trinajstić information content (AvgIpc) is 3.32. The smallest absolute Gasteiger partial charge is 0.254 e. The van der Waals surface area contributed by atoms with Crippen molar-refractivity contribution in [1.29, 1.82) is 0 Å².